The molecule has 3 heteroatoms. The number of aliphatic imine (C=N–C) groups is 1. The van der Waals surface area contributed by atoms with Gasteiger partial charge >= 0.3 is 5.97 Å². The topological polar surface area (TPSA) is 38.7 Å². The van der Waals surface area contributed by atoms with E-state index < -0.39 is 6.04 Å². The molecule has 0 amide bonds. The van der Waals surface area contributed by atoms with Gasteiger partial charge in [0.05, 0.1) is 7.11 Å². The van der Waals surface area contributed by atoms with Crippen LogP contribution in [-0.2, 0) is 9.53 Å². The summed E-state index contributed by atoms with van der Waals surface area (Å²) in [4.78, 5) is 15.9. The van der Waals surface area contributed by atoms with Crippen molar-refractivity contribution in [1.82, 2.24) is 0 Å². The predicted octanol–water partition coefficient (Wildman–Crippen LogP) is 3.00. The van der Waals surface area contributed by atoms with Gasteiger partial charge in [0.25, 0.3) is 0 Å². The van der Waals surface area contributed by atoms with E-state index in [1.807, 2.05) is 37.3 Å². The summed E-state index contributed by atoms with van der Waals surface area (Å²) in [7, 11) is 1.38. The quantitative estimate of drug-likeness (QED) is 0.439. The molecule has 96 valence electrons. The normalized spacial score (nSPS) is 12.3. The molecule has 1 aromatic rings. The van der Waals surface area contributed by atoms with Gasteiger partial charge in [-0.2, -0.15) is 0 Å². The summed E-state index contributed by atoms with van der Waals surface area (Å²) in [5, 5.41) is 0. The molecule has 18 heavy (non-hydrogen) atoms. The van der Waals surface area contributed by atoms with E-state index in [1.165, 1.54) is 7.11 Å². The van der Waals surface area contributed by atoms with Gasteiger partial charge in [-0.3, -0.25) is 4.99 Å². The van der Waals surface area contributed by atoms with Crippen molar-refractivity contribution in [3.05, 3.63) is 48.0 Å². The van der Waals surface area contributed by atoms with Crippen LogP contribution in [0.4, 0.5) is 0 Å². The summed E-state index contributed by atoms with van der Waals surface area (Å²) in [5.41, 5.74) is 2.01. The Morgan fingerprint density at radius 3 is 2.67 bits per heavy atom. The van der Waals surface area contributed by atoms with Crippen molar-refractivity contribution in [3.63, 3.8) is 0 Å². The van der Waals surface area contributed by atoms with Crippen LogP contribution in [-0.4, -0.2) is 25.3 Å². The number of methoxy groups -OCH3 is 1. The Bertz CT molecular complexity index is 423. The van der Waals surface area contributed by atoms with Gasteiger partial charge in [-0.15, -0.1) is 6.58 Å². The fourth-order valence-electron chi connectivity index (χ4n) is 1.49. The SMILES string of the molecule is C=C(C)CCC(N=Cc1ccccc1)C(=O)OC. The molecular weight excluding hydrogens is 226 g/mol. The van der Waals surface area contributed by atoms with E-state index >= 15 is 0 Å². The lowest BCUT2D eigenvalue weighted by atomic mass is 10.1. The van der Waals surface area contributed by atoms with Crippen LogP contribution in [0.5, 0.6) is 0 Å². The molecule has 0 aliphatic carbocycles. The third kappa shape index (κ3) is 4.95. The van der Waals surface area contributed by atoms with Gasteiger partial charge in [0.2, 0.25) is 0 Å². The minimum absolute atomic E-state index is 0.302. The van der Waals surface area contributed by atoms with Crippen LogP contribution in [0.15, 0.2) is 47.5 Å². The molecule has 3 nitrogen and oxygen atoms in total. The zero-order chi connectivity index (χ0) is 13.4. The van der Waals surface area contributed by atoms with Crippen molar-refractivity contribution < 1.29 is 9.53 Å². The molecular formula is C15H19NO2. The lowest BCUT2D eigenvalue weighted by Crippen LogP contribution is -2.20. The second kappa shape index (κ2) is 7.43. The Kier molecular flexibility index (Phi) is 5.85. The molecule has 0 bridgehead atoms. The van der Waals surface area contributed by atoms with E-state index in [0.29, 0.717) is 6.42 Å². The maximum Gasteiger partial charge on any atom is 0.330 e. The molecule has 1 unspecified atom stereocenters. The largest absolute Gasteiger partial charge is 0.467 e. The van der Waals surface area contributed by atoms with Gasteiger partial charge in [0.1, 0.15) is 6.04 Å². The van der Waals surface area contributed by atoms with E-state index in [0.717, 1.165) is 17.6 Å². The predicted molar refractivity (Wildman–Crippen MR) is 73.9 cm³/mol. The molecule has 0 spiro atoms. The zero-order valence-corrected chi connectivity index (χ0v) is 10.9. The Morgan fingerprint density at radius 1 is 1.44 bits per heavy atom. The third-order valence-electron chi connectivity index (χ3n) is 2.52. The second-order valence-corrected chi connectivity index (χ2v) is 4.22. The van der Waals surface area contributed by atoms with Crippen molar-refractivity contribution in [2.24, 2.45) is 4.99 Å². The average molecular weight is 245 g/mol. The van der Waals surface area contributed by atoms with E-state index in [9.17, 15) is 4.79 Å². The molecule has 0 saturated carbocycles. The van der Waals surface area contributed by atoms with Crippen LogP contribution in [0.1, 0.15) is 25.3 Å². The van der Waals surface area contributed by atoms with Gasteiger partial charge in [-0.05, 0) is 25.3 Å². The summed E-state index contributed by atoms with van der Waals surface area (Å²) in [5.74, 6) is -0.302. The number of allylic oxidation sites excluding steroid dienone is 1. The zero-order valence-electron chi connectivity index (χ0n) is 10.9. The molecule has 0 heterocycles. The highest BCUT2D eigenvalue weighted by Gasteiger charge is 2.16. The van der Waals surface area contributed by atoms with Crippen LogP contribution < -0.4 is 0 Å². The summed E-state index contributed by atoms with van der Waals surface area (Å²) < 4.78 is 4.75. The number of ether oxygens (including phenoxy) is 1. The van der Waals surface area contributed by atoms with E-state index in [-0.39, 0.29) is 5.97 Å². The molecule has 0 aliphatic heterocycles. The maximum atomic E-state index is 11.6. The Labute approximate surface area is 108 Å². The number of carbonyl (C=O) groups excluding carboxylic acids is 1. The van der Waals surface area contributed by atoms with E-state index in [1.54, 1.807) is 6.21 Å². The molecule has 0 aromatic heterocycles. The monoisotopic (exact) mass is 245 g/mol. The van der Waals surface area contributed by atoms with Gasteiger partial charge in [0.15, 0.2) is 0 Å². The standard InChI is InChI=1S/C15H19NO2/c1-12(2)9-10-14(15(17)18-3)16-11-13-7-5-4-6-8-13/h4-8,11,14H,1,9-10H2,2-3H3. The summed E-state index contributed by atoms with van der Waals surface area (Å²) in [6.45, 7) is 5.77. The summed E-state index contributed by atoms with van der Waals surface area (Å²) in [6.07, 6.45) is 3.11. The minimum Gasteiger partial charge on any atom is -0.467 e. The number of hydrogen-bond acceptors (Lipinski definition) is 3. The number of esters is 1. The van der Waals surface area contributed by atoms with Crippen molar-refractivity contribution in [1.29, 1.82) is 0 Å². The Morgan fingerprint density at radius 2 is 2.11 bits per heavy atom. The molecule has 1 aromatic carbocycles. The summed E-state index contributed by atoms with van der Waals surface area (Å²) in [6, 6.07) is 9.24. The Hall–Kier alpha value is -1.90. The molecule has 0 fully saturated rings. The molecule has 0 N–H and O–H groups in total. The van der Waals surface area contributed by atoms with Crippen LogP contribution in [0.3, 0.4) is 0 Å². The lowest BCUT2D eigenvalue weighted by Gasteiger charge is -2.09. The highest BCUT2D eigenvalue weighted by molar-refractivity contribution is 5.83. The number of carbonyl (C=O) groups is 1. The highest BCUT2D eigenvalue weighted by Crippen LogP contribution is 2.09. The fourth-order valence-corrected chi connectivity index (χ4v) is 1.49. The third-order valence-corrected chi connectivity index (χ3v) is 2.52. The van der Waals surface area contributed by atoms with Crippen molar-refractivity contribution in [3.8, 4) is 0 Å². The van der Waals surface area contributed by atoms with Crippen molar-refractivity contribution >= 4 is 12.2 Å². The fraction of sp³-hybridized carbons (Fsp3) is 0.333. The number of nitrogens with zero attached hydrogens (tertiary/aromatic N) is 1. The van der Waals surface area contributed by atoms with Crippen LogP contribution in [0.25, 0.3) is 0 Å². The first-order valence-electron chi connectivity index (χ1n) is 5.94. The Balaban J connectivity index is 2.69. The van der Waals surface area contributed by atoms with Gasteiger partial charge in [0, 0.05) is 6.21 Å². The first-order chi connectivity index (χ1) is 8.63. The minimum atomic E-state index is -0.452. The smallest absolute Gasteiger partial charge is 0.330 e. The van der Waals surface area contributed by atoms with Gasteiger partial charge in [-0.25, -0.2) is 4.79 Å². The van der Waals surface area contributed by atoms with Crippen LogP contribution >= 0.6 is 0 Å². The van der Waals surface area contributed by atoms with Crippen LogP contribution in [0.2, 0.25) is 0 Å². The average Bonchev–Trinajstić information content (AvgIpc) is 2.39. The number of rotatable bonds is 6. The lowest BCUT2D eigenvalue weighted by molar-refractivity contribution is -0.142. The van der Waals surface area contributed by atoms with Crippen molar-refractivity contribution in [2.75, 3.05) is 7.11 Å². The van der Waals surface area contributed by atoms with E-state index in [4.69, 9.17) is 4.74 Å². The molecule has 1 rings (SSSR count). The number of benzene rings is 1. The van der Waals surface area contributed by atoms with Gasteiger partial charge < -0.3 is 4.74 Å². The highest BCUT2D eigenvalue weighted by atomic mass is 16.5. The number of hydrogen-bond donors (Lipinski definition) is 0. The first-order valence-corrected chi connectivity index (χ1v) is 5.94. The van der Waals surface area contributed by atoms with Gasteiger partial charge in [-0.1, -0.05) is 35.9 Å². The van der Waals surface area contributed by atoms with E-state index in [2.05, 4.69) is 11.6 Å². The first kappa shape index (κ1) is 14.2. The molecule has 0 saturated heterocycles. The second-order valence-electron chi connectivity index (χ2n) is 4.22. The molecule has 1 atom stereocenters. The van der Waals surface area contributed by atoms with Crippen molar-refractivity contribution in [2.45, 2.75) is 25.8 Å². The van der Waals surface area contributed by atoms with Crippen LogP contribution in [0, 0.1) is 0 Å². The maximum absolute atomic E-state index is 11.6. The summed E-state index contributed by atoms with van der Waals surface area (Å²) >= 11 is 0. The molecule has 0 aliphatic rings. The molecule has 0 radical (unpaired) electrons.